The molecule has 9 aromatic carbocycles. The fraction of sp³-hybridized carbons (Fsp3) is 0.0189. The van der Waals surface area contributed by atoms with Crippen LogP contribution in [-0.4, -0.2) is 20.8 Å². The Bertz CT molecular complexity index is 3480. The molecule has 1 N–H and O–H groups in total. The first-order valence-electron chi connectivity index (χ1n) is 19.8. The third-order valence-corrected chi connectivity index (χ3v) is 11.7. The van der Waals surface area contributed by atoms with E-state index in [4.69, 9.17) is 9.98 Å². The molecule has 0 spiro atoms. The maximum atomic E-state index is 5.20. The Balaban J connectivity index is 1.09. The van der Waals surface area contributed by atoms with Crippen LogP contribution in [0.25, 0.3) is 76.5 Å². The lowest BCUT2D eigenvalue weighted by atomic mass is 10.0. The minimum Gasteiger partial charge on any atom is -0.344 e. The zero-order valence-corrected chi connectivity index (χ0v) is 31.4. The Kier molecular flexibility index (Phi) is 7.23. The normalized spacial score (nSPS) is 14.4. The van der Waals surface area contributed by atoms with Crippen molar-refractivity contribution in [2.45, 2.75) is 6.17 Å². The van der Waals surface area contributed by atoms with Crippen molar-refractivity contribution in [3.8, 4) is 11.4 Å². The maximum Gasteiger partial charge on any atom is 0.159 e. The van der Waals surface area contributed by atoms with Crippen LogP contribution in [0.4, 0.5) is 0 Å². The number of nitrogens with one attached hydrogen (secondary N) is 1. The van der Waals surface area contributed by atoms with Crippen molar-refractivity contribution >= 4 is 76.8 Å². The van der Waals surface area contributed by atoms with Gasteiger partial charge in [0.25, 0.3) is 0 Å². The minimum absolute atomic E-state index is 0.281. The number of para-hydroxylation sites is 2. The molecule has 12 rings (SSSR count). The molecular formula is C53H35N5. The van der Waals surface area contributed by atoms with Crippen molar-refractivity contribution < 1.29 is 0 Å². The predicted molar refractivity (Wildman–Crippen MR) is 242 cm³/mol. The first-order chi connectivity index (χ1) is 28.8. The zero-order chi connectivity index (χ0) is 38.2. The van der Waals surface area contributed by atoms with E-state index >= 15 is 0 Å². The van der Waals surface area contributed by atoms with Crippen LogP contribution < -0.4 is 5.32 Å². The van der Waals surface area contributed by atoms with Crippen LogP contribution in [0.2, 0.25) is 0 Å². The summed E-state index contributed by atoms with van der Waals surface area (Å²) in [5, 5.41) is 13.4. The van der Waals surface area contributed by atoms with E-state index in [2.05, 4.69) is 190 Å². The van der Waals surface area contributed by atoms with Gasteiger partial charge in [-0.3, -0.25) is 0 Å². The highest BCUT2D eigenvalue weighted by atomic mass is 15.2. The highest BCUT2D eigenvalue weighted by Gasteiger charge is 2.24. The highest BCUT2D eigenvalue weighted by Crippen LogP contribution is 2.41. The quantitative estimate of drug-likeness (QED) is 0.188. The smallest absolute Gasteiger partial charge is 0.159 e. The number of hydrogen-bond donors (Lipinski definition) is 1. The number of benzene rings is 9. The summed E-state index contributed by atoms with van der Waals surface area (Å²) in [6.07, 6.45) is -0.281. The first kappa shape index (κ1) is 32.5. The second kappa shape index (κ2) is 12.9. The van der Waals surface area contributed by atoms with Crippen LogP contribution in [0.15, 0.2) is 210 Å². The maximum absolute atomic E-state index is 5.20. The highest BCUT2D eigenvalue weighted by molar-refractivity contribution is 6.21. The van der Waals surface area contributed by atoms with Gasteiger partial charge in [-0.25, -0.2) is 9.98 Å². The largest absolute Gasteiger partial charge is 0.344 e. The van der Waals surface area contributed by atoms with E-state index in [0.717, 1.165) is 50.2 Å². The third kappa shape index (κ3) is 5.03. The van der Waals surface area contributed by atoms with E-state index in [1.54, 1.807) is 0 Å². The van der Waals surface area contributed by atoms with Gasteiger partial charge in [0.2, 0.25) is 0 Å². The molecule has 0 bridgehead atoms. The van der Waals surface area contributed by atoms with Gasteiger partial charge in [0.1, 0.15) is 12.0 Å². The Labute approximate surface area is 334 Å². The molecule has 3 heterocycles. The van der Waals surface area contributed by atoms with Gasteiger partial charge in [-0.05, 0) is 70.3 Å². The number of rotatable bonds is 5. The van der Waals surface area contributed by atoms with E-state index in [9.17, 15) is 0 Å². The average Bonchev–Trinajstić information content (AvgIpc) is 3.80. The summed E-state index contributed by atoms with van der Waals surface area (Å²) in [7, 11) is 0. The number of aliphatic imine (C=N–C) groups is 2. The molecular weight excluding hydrogens is 707 g/mol. The summed E-state index contributed by atoms with van der Waals surface area (Å²) in [6, 6.07) is 71.7. The van der Waals surface area contributed by atoms with Crippen LogP contribution in [0.1, 0.15) is 22.9 Å². The number of amidine groups is 2. The molecule has 5 heteroatoms. The molecule has 1 aliphatic heterocycles. The summed E-state index contributed by atoms with van der Waals surface area (Å²) in [5.41, 5.74) is 10.1. The first-order valence-corrected chi connectivity index (χ1v) is 19.8. The van der Waals surface area contributed by atoms with Crippen LogP contribution in [0.5, 0.6) is 0 Å². The number of aromatic nitrogens is 2. The molecule has 1 atom stereocenters. The Morgan fingerprint density at radius 1 is 0.414 bits per heavy atom. The molecule has 0 fully saturated rings. The van der Waals surface area contributed by atoms with Crippen molar-refractivity contribution in [3.63, 3.8) is 0 Å². The molecule has 0 saturated carbocycles. The molecule has 0 aliphatic carbocycles. The van der Waals surface area contributed by atoms with Crippen molar-refractivity contribution in [2.24, 2.45) is 9.98 Å². The Hall–Kier alpha value is -7.76. The molecule has 1 aliphatic rings. The zero-order valence-electron chi connectivity index (χ0n) is 31.4. The van der Waals surface area contributed by atoms with Gasteiger partial charge < -0.3 is 14.5 Å². The fourth-order valence-electron chi connectivity index (χ4n) is 9.08. The van der Waals surface area contributed by atoms with Gasteiger partial charge in [-0.1, -0.05) is 152 Å². The van der Waals surface area contributed by atoms with Crippen molar-refractivity contribution in [3.05, 3.63) is 217 Å². The van der Waals surface area contributed by atoms with Gasteiger partial charge in [0, 0.05) is 43.7 Å². The topological polar surface area (TPSA) is 46.6 Å². The number of hydrogen-bond acceptors (Lipinski definition) is 3. The van der Waals surface area contributed by atoms with Gasteiger partial charge in [0.05, 0.1) is 27.8 Å². The van der Waals surface area contributed by atoms with Gasteiger partial charge in [0.15, 0.2) is 5.84 Å². The van der Waals surface area contributed by atoms with E-state index in [-0.39, 0.29) is 6.17 Å². The summed E-state index contributed by atoms with van der Waals surface area (Å²) < 4.78 is 4.89. The van der Waals surface area contributed by atoms with Crippen molar-refractivity contribution in [2.75, 3.05) is 0 Å². The molecule has 2 aromatic heterocycles. The van der Waals surface area contributed by atoms with Crippen LogP contribution >= 0.6 is 0 Å². The van der Waals surface area contributed by atoms with Crippen LogP contribution in [0.3, 0.4) is 0 Å². The SMILES string of the molecule is c1ccc(C2=NC(c3ccccc3)NC(c3ccc(-n4c5ccccc5c5cc6c7ccccc7n(-c7ccc8ccccc8c7)c6cc54)c4ccccc34)=N2)cc1. The molecule has 11 aromatic rings. The predicted octanol–water partition coefficient (Wildman–Crippen LogP) is 12.7. The molecule has 272 valence electrons. The summed E-state index contributed by atoms with van der Waals surface area (Å²) in [5.74, 6) is 1.51. The Morgan fingerprint density at radius 2 is 1.02 bits per heavy atom. The van der Waals surface area contributed by atoms with Gasteiger partial charge in [-0.15, -0.1) is 0 Å². The lowest BCUT2D eigenvalue weighted by Crippen LogP contribution is -2.33. The molecule has 58 heavy (non-hydrogen) atoms. The summed E-state index contributed by atoms with van der Waals surface area (Å²) in [4.78, 5) is 10.3. The van der Waals surface area contributed by atoms with Crippen molar-refractivity contribution in [1.82, 2.24) is 14.5 Å². The lowest BCUT2D eigenvalue weighted by molar-refractivity contribution is 0.674. The number of nitrogens with zero attached hydrogens (tertiary/aromatic N) is 4. The molecule has 0 amide bonds. The van der Waals surface area contributed by atoms with E-state index in [1.165, 1.54) is 48.9 Å². The fourth-order valence-corrected chi connectivity index (χ4v) is 9.08. The third-order valence-electron chi connectivity index (χ3n) is 11.7. The lowest BCUT2D eigenvalue weighted by Gasteiger charge is -2.25. The summed E-state index contributed by atoms with van der Waals surface area (Å²) >= 11 is 0. The summed E-state index contributed by atoms with van der Waals surface area (Å²) in [6.45, 7) is 0. The van der Waals surface area contributed by atoms with E-state index < -0.39 is 0 Å². The van der Waals surface area contributed by atoms with Gasteiger partial charge >= 0.3 is 0 Å². The number of fused-ring (bicyclic) bond motifs is 8. The van der Waals surface area contributed by atoms with E-state index in [0.29, 0.717) is 5.84 Å². The van der Waals surface area contributed by atoms with E-state index in [1.807, 2.05) is 24.3 Å². The average molecular weight is 742 g/mol. The minimum atomic E-state index is -0.281. The molecule has 0 radical (unpaired) electrons. The van der Waals surface area contributed by atoms with Crippen molar-refractivity contribution in [1.29, 1.82) is 0 Å². The second-order valence-electron chi connectivity index (χ2n) is 15.0. The van der Waals surface area contributed by atoms with Gasteiger partial charge in [-0.2, -0.15) is 0 Å². The monoisotopic (exact) mass is 741 g/mol. The Morgan fingerprint density at radius 3 is 1.78 bits per heavy atom. The standard InChI is InChI=1S/C53H35N5/c1-3-16-35(17-4-1)51-54-52(36-18-5-2-6-19-36)56-53(55-51)43-29-30-48(40-22-10-9-21-39(40)43)58-47-26-14-12-24-42(47)45-32-44-41-23-11-13-25-46(41)57(49(44)33-50(45)58)38-28-27-34-15-7-8-20-37(34)31-38/h1-33,51H,(H,54,55,56). The van der Waals surface area contributed by atoms with Crippen LogP contribution in [0, 0.1) is 0 Å². The molecule has 0 saturated heterocycles. The second-order valence-corrected chi connectivity index (χ2v) is 15.0. The molecule has 1 unspecified atom stereocenters. The van der Waals surface area contributed by atoms with Crippen LogP contribution in [-0.2, 0) is 0 Å². The molecule has 5 nitrogen and oxygen atoms in total.